The van der Waals surface area contributed by atoms with Gasteiger partial charge in [0.2, 0.25) is 0 Å². The molecule has 1 heteroatoms. The van der Waals surface area contributed by atoms with E-state index in [2.05, 4.69) is 37.3 Å². The van der Waals surface area contributed by atoms with Crippen LogP contribution in [0.25, 0.3) is 0 Å². The molecule has 1 aromatic rings. The molecule has 0 amide bonds. The Balaban J connectivity index is 1.75. The summed E-state index contributed by atoms with van der Waals surface area (Å²) < 4.78 is 2.92. The van der Waals surface area contributed by atoms with Crippen molar-refractivity contribution in [1.82, 2.24) is 0 Å². The van der Waals surface area contributed by atoms with Crippen molar-refractivity contribution >= 4 is 0 Å². The number of unbranched alkanes of at least 4 members (excludes halogenated alkanes) is 10. The van der Waals surface area contributed by atoms with Gasteiger partial charge in [-0.05, 0) is 0 Å². The van der Waals surface area contributed by atoms with Gasteiger partial charge in [-0.15, -0.1) is 0 Å². The SMILES string of the molecule is CCCCCCCCCCCC[CH2][Ti][CH2]c1ccccc1. The van der Waals surface area contributed by atoms with Gasteiger partial charge in [0.15, 0.2) is 0 Å². The van der Waals surface area contributed by atoms with Crippen LogP contribution in [0.1, 0.15) is 83.1 Å². The summed E-state index contributed by atoms with van der Waals surface area (Å²) in [6.45, 7) is 2.29. The molecular formula is C20H34Ti. The van der Waals surface area contributed by atoms with Crippen LogP contribution in [0.5, 0.6) is 0 Å². The summed E-state index contributed by atoms with van der Waals surface area (Å²) in [6.07, 6.45) is 16.1. The van der Waals surface area contributed by atoms with E-state index in [9.17, 15) is 0 Å². The molecule has 1 rings (SSSR count). The molecule has 0 aliphatic carbocycles. The zero-order chi connectivity index (χ0) is 15.0. The summed E-state index contributed by atoms with van der Waals surface area (Å²) in [5.74, 6) is 0. The van der Waals surface area contributed by atoms with E-state index in [0.717, 1.165) is 0 Å². The maximum atomic E-state index is 2.29. The molecule has 0 aliphatic heterocycles. The number of hydrogen-bond donors (Lipinski definition) is 0. The molecule has 0 saturated heterocycles. The standard InChI is InChI=1S/C13H27.C7H7.Ti/c1-3-5-7-9-11-13-12-10-8-6-4-2;1-7-5-3-2-4-6-7;/h1,3-13H2,2H3;2-6H,1H2;. The van der Waals surface area contributed by atoms with E-state index >= 15 is 0 Å². The molecule has 0 nitrogen and oxygen atoms in total. The molecule has 0 N–H and O–H groups in total. The molecule has 0 spiro atoms. The monoisotopic (exact) mass is 322 g/mol. The first-order chi connectivity index (χ1) is 10.4. The van der Waals surface area contributed by atoms with Crippen molar-refractivity contribution < 1.29 is 19.2 Å². The number of hydrogen-bond acceptors (Lipinski definition) is 0. The molecule has 0 aliphatic rings. The van der Waals surface area contributed by atoms with Crippen molar-refractivity contribution in [2.24, 2.45) is 0 Å². The molecule has 1 aromatic carbocycles. The topological polar surface area (TPSA) is 0 Å². The van der Waals surface area contributed by atoms with Crippen molar-refractivity contribution in [3.8, 4) is 0 Å². The summed E-state index contributed by atoms with van der Waals surface area (Å²) in [5.41, 5.74) is 1.56. The van der Waals surface area contributed by atoms with Gasteiger partial charge < -0.3 is 0 Å². The van der Waals surface area contributed by atoms with Gasteiger partial charge in [-0.25, -0.2) is 0 Å². The predicted octanol–water partition coefficient (Wildman–Crippen LogP) is 7.00. The quantitative estimate of drug-likeness (QED) is 0.255. The second kappa shape index (κ2) is 14.9. The summed E-state index contributed by atoms with van der Waals surface area (Å²) in [7, 11) is 0. The summed E-state index contributed by atoms with van der Waals surface area (Å²) in [4.78, 5) is 0. The van der Waals surface area contributed by atoms with Crippen LogP contribution in [-0.2, 0) is 23.9 Å². The summed E-state index contributed by atoms with van der Waals surface area (Å²) in [5, 5.41) is 0. The van der Waals surface area contributed by atoms with Crippen LogP contribution in [0.15, 0.2) is 30.3 Å². The first-order valence-corrected chi connectivity index (χ1v) is 11.4. The van der Waals surface area contributed by atoms with Gasteiger partial charge in [-0.2, -0.15) is 0 Å². The molecule has 118 valence electrons. The molecule has 21 heavy (non-hydrogen) atoms. The molecule has 0 radical (unpaired) electrons. The van der Waals surface area contributed by atoms with E-state index in [-0.39, 0.29) is 19.2 Å². The van der Waals surface area contributed by atoms with Crippen molar-refractivity contribution in [1.29, 1.82) is 0 Å². The Morgan fingerprint density at radius 1 is 0.667 bits per heavy atom. The van der Waals surface area contributed by atoms with Crippen LogP contribution in [0, 0.1) is 0 Å². The Labute approximate surface area is 142 Å². The van der Waals surface area contributed by atoms with Crippen LogP contribution in [0.3, 0.4) is 0 Å². The molecular weight excluding hydrogens is 288 g/mol. The van der Waals surface area contributed by atoms with E-state index in [0.29, 0.717) is 0 Å². The van der Waals surface area contributed by atoms with Crippen LogP contribution in [-0.4, -0.2) is 0 Å². The van der Waals surface area contributed by atoms with Crippen LogP contribution in [0.2, 0.25) is 4.73 Å². The third kappa shape index (κ3) is 12.2. The second-order valence-corrected chi connectivity index (χ2v) is 8.31. The second-order valence-electron chi connectivity index (χ2n) is 6.20. The van der Waals surface area contributed by atoms with Crippen LogP contribution < -0.4 is 0 Å². The van der Waals surface area contributed by atoms with Crippen LogP contribution in [0.4, 0.5) is 0 Å². The first kappa shape index (κ1) is 19.0. The molecule has 0 saturated carbocycles. The average Bonchev–Trinajstić information content (AvgIpc) is 2.53. The molecule has 0 fully saturated rings. The van der Waals surface area contributed by atoms with Gasteiger partial charge in [0, 0.05) is 0 Å². The Morgan fingerprint density at radius 3 is 1.76 bits per heavy atom. The minimum absolute atomic E-state index is 0.278. The summed E-state index contributed by atoms with van der Waals surface area (Å²) in [6, 6.07) is 11.0. The van der Waals surface area contributed by atoms with E-state index in [1.54, 1.807) is 5.56 Å². The third-order valence-electron chi connectivity index (χ3n) is 4.13. The zero-order valence-corrected chi connectivity index (χ0v) is 15.6. The predicted molar refractivity (Wildman–Crippen MR) is 91.4 cm³/mol. The number of benzene rings is 1. The Kier molecular flexibility index (Phi) is 13.4. The molecule has 0 atom stereocenters. The van der Waals surface area contributed by atoms with E-state index in [1.807, 2.05) is 0 Å². The Hall–Kier alpha value is -0.0657. The van der Waals surface area contributed by atoms with Crippen LogP contribution >= 0.6 is 0 Å². The van der Waals surface area contributed by atoms with Crippen molar-refractivity contribution in [2.75, 3.05) is 0 Å². The maximum absolute atomic E-state index is 2.29. The van der Waals surface area contributed by atoms with Crippen molar-refractivity contribution in [3.63, 3.8) is 0 Å². The fourth-order valence-electron chi connectivity index (χ4n) is 2.74. The molecule has 0 unspecified atom stereocenters. The van der Waals surface area contributed by atoms with E-state index < -0.39 is 0 Å². The van der Waals surface area contributed by atoms with Gasteiger partial charge in [0.05, 0.1) is 0 Å². The fourth-order valence-corrected chi connectivity index (χ4v) is 4.62. The van der Waals surface area contributed by atoms with Gasteiger partial charge in [0.1, 0.15) is 0 Å². The van der Waals surface area contributed by atoms with Crippen molar-refractivity contribution in [2.45, 2.75) is 87.0 Å². The van der Waals surface area contributed by atoms with Gasteiger partial charge in [-0.1, -0.05) is 6.92 Å². The van der Waals surface area contributed by atoms with Gasteiger partial charge >= 0.3 is 135 Å². The Bertz CT molecular complexity index is 307. The molecule has 0 bridgehead atoms. The third-order valence-corrected chi connectivity index (χ3v) is 6.26. The Morgan fingerprint density at radius 2 is 1.19 bits per heavy atom. The van der Waals surface area contributed by atoms with E-state index in [4.69, 9.17) is 0 Å². The van der Waals surface area contributed by atoms with Gasteiger partial charge in [-0.3, -0.25) is 0 Å². The zero-order valence-electron chi connectivity index (χ0n) is 14.1. The minimum atomic E-state index is 0.278. The fraction of sp³-hybridized carbons (Fsp3) is 0.700. The molecule has 0 heterocycles. The van der Waals surface area contributed by atoms with E-state index in [1.165, 1.54) is 80.1 Å². The normalized spacial score (nSPS) is 10.7. The van der Waals surface area contributed by atoms with Crippen molar-refractivity contribution in [3.05, 3.63) is 35.9 Å². The number of rotatable bonds is 14. The first-order valence-electron chi connectivity index (χ1n) is 9.18. The van der Waals surface area contributed by atoms with Gasteiger partial charge in [0.25, 0.3) is 0 Å². The molecule has 0 aromatic heterocycles. The average molecular weight is 322 g/mol. The summed E-state index contributed by atoms with van der Waals surface area (Å²) >= 11 is 0.278.